The summed E-state index contributed by atoms with van der Waals surface area (Å²) >= 11 is 0. The molecule has 0 fully saturated rings. The Morgan fingerprint density at radius 3 is 1.68 bits per heavy atom. The Kier molecular flexibility index (Phi) is 6.16. The highest BCUT2D eigenvalue weighted by molar-refractivity contribution is 6.02. The zero-order valence-electron chi connectivity index (χ0n) is 26.3. The molecule has 0 bridgehead atoms. The van der Waals surface area contributed by atoms with Crippen LogP contribution in [0.4, 0.5) is 0 Å². The zero-order chi connectivity index (χ0) is 31.5. The number of benzene rings is 7. The zero-order valence-corrected chi connectivity index (χ0v) is 26.3. The van der Waals surface area contributed by atoms with Gasteiger partial charge >= 0.3 is 0 Å². The quantitative estimate of drug-likeness (QED) is 0.201. The van der Waals surface area contributed by atoms with E-state index in [2.05, 4.69) is 105 Å². The normalized spacial score (nSPS) is 13.1. The monoisotopic (exact) mass is 601 g/mol. The van der Waals surface area contributed by atoms with Gasteiger partial charge in [-0.05, 0) is 85.3 Å². The van der Waals surface area contributed by atoms with Crippen LogP contribution in [0.3, 0.4) is 0 Å². The molecule has 1 heterocycles. The van der Waals surface area contributed by atoms with Crippen molar-refractivity contribution in [3.05, 3.63) is 163 Å². The second-order valence-corrected chi connectivity index (χ2v) is 12.9. The van der Waals surface area contributed by atoms with Crippen molar-refractivity contribution in [2.45, 2.75) is 19.3 Å². The number of hydrogen-bond donors (Lipinski definition) is 0. The third-order valence-electron chi connectivity index (χ3n) is 9.67. The van der Waals surface area contributed by atoms with E-state index in [0.29, 0.717) is 17.5 Å². The standard InChI is InChI=1S/C44H31N3/c1-44(2)39-20-12-11-19-36(39)38-25-30-21-22-32(23-33(30)27-40(38)44)37-26-34(24-31-17-9-10-18-35(31)37)43-46-41(28-13-5-3-6-14-28)45-42(47-43)29-15-7-4-8-16-29/h3-27H,1-2H3. The first-order valence-corrected chi connectivity index (χ1v) is 16.1. The van der Waals surface area contributed by atoms with Crippen LogP contribution in [0, 0.1) is 0 Å². The molecule has 7 aromatic carbocycles. The summed E-state index contributed by atoms with van der Waals surface area (Å²) in [6.45, 7) is 4.68. The van der Waals surface area contributed by atoms with Crippen molar-refractivity contribution in [2.75, 3.05) is 0 Å². The lowest BCUT2D eigenvalue weighted by molar-refractivity contribution is 0.661. The summed E-state index contributed by atoms with van der Waals surface area (Å²) in [5.74, 6) is 1.97. The molecule has 8 aromatic rings. The van der Waals surface area contributed by atoms with E-state index in [4.69, 9.17) is 15.0 Å². The van der Waals surface area contributed by atoms with Crippen LogP contribution in [-0.4, -0.2) is 15.0 Å². The Bertz CT molecular complexity index is 2420. The number of fused-ring (bicyclic) bond motifs is 5. The van der Waals surface area contributed by atoms with Gasteiger partial charge in [0.2, 0.25) is 0 Å². The molecule has 0 unspecified atom stereocenters. The SMILES string of the molecule is CC1(C)c2ccccc2-c2cc3ccc(-c4cc(-c5nc(-c6ccccc6)nc(-c6ccccc6)n5)cc5ccccc45)cc3cc21. The topological polar surface area (TPSA) is 38.7 Å². The molecule has 3 nitrogen and oxygen atoms in total. The third kappa shape index (κ3) is 4.54. The van der Waals surface area contributed by atoms with Crippen LogP contribution in [-0.2, 0) is 5.41 Å². The summed E-state index contributed by atoms with van der Waals surface area (Å²) in [5.41, 5.74) is 10.6. The summed E-state index contributed by atoms with van der Waals surface area (Å²) in [4.78, 5) is 15.0. The molecule has 0 N–H and O–H groups in total. The number of nitrogens with zero attached hydrogens (tertiary/aromatic N) is 3. The number of aromatic nitrogens is 3. The Morgan fingerprint density at radius 1 is 0.362 bits per heavy atom. The van der Waals surface area contributed by atoms with Crippen molar-refractivity contribution in [3.63, 3.8) is 0 Å². The summed E-state index contributed by atoms with van der Waals surface area (Å²) in [6.07, 6.45) is 0. The fourth-order valence-corrected chi connectivity index (χ4v) is 7.23. The molecule has 0 spiro atoms. The number of hydrogen-bond acceptors (Lipinski definition) is 3. The van der Waals surface area contributed by atoms with Gasteiger partial charge in [0.25, 0.3) is 0 Å². The molecular formula is C44H31N3. The van der Waals surface area contributed by atoms with E-state index < -0.39 is 0 Å². The third-order valence-corrected chi connectivity index (χ3v) is 9.67. The van der Waals surface area contributed by atoms with Gasteiger partial charge in [0.1, 0.15) is 0 Å². The van der Waals surface area contributed by atoms with Gasteiger partial charge in [0.15, 0.2) is 17.5 Å². The van der Waals surface area contributed by atoms with E-state index in [1.807, 2.05) is 60.7 Å². The lowest BCUT2D eigenvalue weighted by atomic mass is 9.82. The molecule has 0 amide bonds. The van der Waals surface area contributed by atoms with Crippen molar-refractivity contribution in [1.29, 1.82) is 0 Å². The van der Waals surface area contributed by atoms with Gasteiger partial charge in [-0.25, -0.2) is 15.0 Å². The van der Waals surface area contributed by atoms with E-state index >= 15 is 0 Å². The molecular weight excluding hydrogens is 571 g/mol. The lowest BCUT2D eigenvalue weighted by Gasteiger charge is -2.21. The highest BCUT2D eigenvalue weighted by atomic mass is 15.0. The van der Waals surface area contributed by atoms with Gasteiger partial charge in [0.05, 0.1) is 0 Å². The van der Waals surface area contributed by atoms with Gasteiger partial charge in [-0.3, -0.25) is 0 Å². The van der Waals surface area contributed by atoms with Crippen LogP contribution in [0.25, 0.3) is 78.0 Å². The van der Waals surface area contributed by atoms with Crippen LogP contribution in [0.15, 0.2) is 152 Å². The minimum atomic E-state index is -0.0473. The van der Waals surface area contributed by atoms with Crippen molar-refractivity contribution >= 4 is 21.5 Å². The highest BCUT2D eigenvalue weighted by Crippen LogP contribution is 2.50. The van der Waals surface area contributed by atoms with Crippen LogP contribution in [0.2, 0.25) is 0 Å². The average molecular weight is 602 g/mol. The summed E-state index contributed by atoms with van der Waals surface area (Å²) in [6, 6.07) is 53.8. The maximum Gasteiger partial charge on any atom is 0.164 e. The molecule has 0 radical (unpaired) electrons. The molecule has 3 heteroatoms. The minimum Gasteiger partial charge on any atom is -0.208 e. The molecule has 0 aliphatic heterocycles. The number of rotatable bonds is 4. The van der Waals surface area contributed by atoms with Crippen molar-refractivity contribution in [2.24, 2.45) is 0 Å². The molecule has 1 aliphatic rings. The first-order valence-electron chi connectivity index (χ1n) is 16.1. The average Bonchev–Trinajstić information content (AvgIpc) is 3.35. The van der Waals surface area contributed by atoms with Gasteiger partial charge in [-0.2, -0.15) is 0 Å². The van der Waals surface area contributed by atoms with Crippen LogP contribution >= 0.6 is 0 Å². The van der Waals surface area contributed by atoms with Gasteiger partial charge in [-0.1, -0.05) is 135 Å². The summed E-state index contributed by atoms with van der Waals surface area (Å²) in [5, 5.41) is 4.84. The van der Waals surface area contributed by atoms with Crippen LogP contribution in [0.5, 0.6) is 0 Å². The maximum absolute atomic E-state index is 5.04. The first-order chi connectivity index (χ1) is 23.0. The molecule has 0 saturated heterocycles. The fourth-order valence-electron chi connectivity index (χ4n) is 7.23. The van der Waals surface area contributed by atoms with E-state index in [1.165, 1.54) is 44.0 Å². The Morgan fingerprint density at radius 2 is 0.957 bits per heavy atom. The molecule has 0 saturated carbocycles. The van der Waals surface area contributed by atoms with E-state index in [9.17, 15) is 0 Å². The lowest BCUT2D eigenvalue weighted by Crippen LogP contribution is -2.14. The first kappa shape index (κ1) is 27.4. The summed E-state index contributed by atoms with van der Waals surface area (Å²) in [7, 11) is 0. The molecule has 222 valence electrons. The molecule has 1 aliphatic carbocycles. The maximum atomic E-state index is 5.04. The van der Waals surface area contributed by atoms with Crippen molar-refractivity contribution < 1.29 is 0 Å². The fraction of sp³-hybridized carbons (Fsp3) is 0.0682. The Hall–Kier alpha value is -5.93. The smallest absolute Gasteiger partial charge is 0.164 e. The minimum absolute atomic E-state index is 0.0473. The van der Waals surface area contributed by atoms with Crippen LogP contribution < -0.4 is 0 Å². The summed E-state index contributed by atoms with van der Waals surface area (Å²) < 4.78 is 0. The molecule has 47 heavy (non-hydrogen) atoms. The largest absolute Gasteiger partial charge is 0.208 e. The van der Waals surface area contributed by atoms with Crippen molar-refractivity contribution in [3.8, 4) is 56.4 Å². The van der Waals surface area contributed by atoms with E-state index in [0.717, 1.165) is 27.6 Å². The van der Waals surface area contributed by atoms with E-state index in [1.54, 1.807) is 0 Å². The van der Waals surface area contributed by atoms with Crippen LogP contribution in [0.1, 0.15) is 25.0 Å². The predicted molar refractivity (Wildman–Crippen MR) is 194 cm³/mol. The van der Waals surface area contributed by atoms with Gasteiger partial charge < -0.3 is 0 Å². The Labute approximate surface area is 274 Å². The van der Waals surface area contributed by atoms with Gasteiger partial charge in [-0.15, -0.1) is 0 Å². The van der Waals surface area contributed by atoms with E-state index in [-0.39, 0.29) is 5.41 Å². The van der Waals surface area contributed by atoms with Gasteiger partial charge in [0, 0.05) is 22.1 Å². The molecule has 1 aromatic heterocycles. The molecule has 0 atom stereocenters. The second kappa shape index (κ2) is 10.6. The molecule has 9 rings (SSSR count). The second-order valence-electron chi connectivity index (χ2n) is 12.9. The highest BCUT2D eigenvalue weighted by Gasteiger charge is 2.35. The predicted octanol–water partition coefficient (Wildman–Crippen LogP) is 11.2. The van der Waals surface area contributed by atoms with Crippen molar-refractivity contribution in [1.82, 2.24) is 15.0 Å². The Balaban J connectivity index is 1.23.